The second-order valence-corrected chi connectivity index (χ2v) is 5.09. The van der Waals surface area contributed by atoms with Gasteiger partial charge in [0.1, 0.15) is 0 Å². The van der Waals surface area contributed by atoms with Crippen LogP contribution in [0, 0.1) is 0 Å². The van der Waals surface area contributed by atoms with Crippen LogP contribution in [0.25, 0.3) is 0 Å². The molecule has 3 nitrogen and oxygen atoms in total. The highest BCUT2D eigenvalue weighted by molar-refractivity contribution is 7.98. The van der Waals surface area contributed by atoms with Crippen LogP contribution >= 0.6 is 11.8 Å². The molecule has 1 aromatic heterocycles. The fraction of sp³-hybridized carbons (Fsp3) is 0.727. The zero-order valence-corrected chi connectivity index (χ0v) is 10.1. The van der Waals surface area contributed by atoms with Crippen molar-refractivity contribution in [2.45, 2.75) is 38.4 Å². The summed E-state index contributed by atoms with van der Waals surface area (Å²) < 4.78 is 2.19. The number of aromatic nitrogens is 2. The Hall–Kier alpha value is -0.480. The van der Waals surface area contributed by atoms with Crippen LogP contribution in [0.3, 0.4) is 0 Å². The van der Waals surface area contributed by atoms with Crippen LogP contribution in [0.2, 0.25) is 0 Å². The van der Waals surface area contributed by atoms with Gasteiger partial charge in [0, 0.05) is 25.3 Å². The lowest BCUT2D eigenvalue weighted by atomic mass is 10.4. The summed E-state index contributed by atoms with van der Waals surface area (Å²) in [5.74, 6) is 1.23. The number of hydrogen-bond acceptors (Lipinski definition) is 3. The number of imidazole rings is 1. The quantitative estimate of drug-likeness (QED) is 0.719. The Morgan fingerprint density at radius 3 is 3.20 bits per heavy atom. The van der Waals surface area contributed by atoms with Gasteiger partial charge >= 0.3 is 0 Å². The molecule has 15 heavy (non-hydrogen) atoms. The summed E-state index contributed by atoms with van der Waals surface area (Å²) in [7, 11) is 0. The molecule has 1 aliphatic carbocycles. The van der Waals surface area contributed by atoms with Crippen molar-refractivity contribution in [3.8, 4) is 0 Å². The summed E-state index contributed by atoms with van der Waals surface area (Å²) in [6.45, 7) is 2.03. The smallest absolute Gasteiger partial charge is 0.0949 e. The molecule has 0 spiro atoms. The van der Waals surface area contributed by atoms with Crippen LogP contribution in [0.15, 0.2) is 12.5 Å². The SMILES string of the molecule is CSCCCn1cnc(CNC2CC2)c1. The normalized spacial score (nSPS) is 15.8. The third kappa shape index (κ3) is 3.87. The number of hydrogen-bond donors (Lipinski definition) is 1. The van der Waals surface area contributed by atoms with Crippen molar-refractivity contribution in [1.29, 1.82) is 0 Å². The minimum Gasteiger partial charge on any atom is -0.337 e. The minimum atomic E-state index is 0.770. The maximum atomic E-state index is 4.39. The molecule has 0 unspecified atom stereocenters. The Morgan fingerprint density at radius 1 is 1.60 bits per heavy atom. The summed E-state index contributed by atoms with van der Waals surface area (Å²) in [4.78, 5) is 4.39. The van der Waals surface area contributed by atoms with Crippen LogP contribution in [0.4, 0.5) is 0 Å². The van der Waals surface area contributed by atoms with E-state index < -0.39 is 0 Å². The molecule has 0 saturated heterocycles. The van der Waals surface area contributed by atoms with E-state index in [9.17, 15) is 0 Å². The van der Waals surface area contributed by atoms with Gasteiger partial charge in [-0.2, -0.15) is 11.8 Å². The zero-order chi connectivity index (χ0) is 10.5. The van der Waals surface area contributed by atoms with Gasteiger partial charge in [-0.15, -0.1) is 0 Å². The molecule has 0 radical (unpaired) electrons. The molecular weight excluding hydrogens is 206 g/mol. The maximum absolute atomic E-state index is 4.39. The van der Waals surface area contributed by atoms with Gasteiger partial charge in [-0.3, -0.25) is 0 Å². The molecule has 1 fully saturated rings. The molecule has 1 heterocycles. The van der Waals surface area contributed by atoms with E-state index in [1.165, 1.54) is 30.7 Å². The van der Waals surface area contributed by atoms with Gasteiger partial charge in [0.25, 0.3) is 0 Å². The first kappa shape index (κ1) is 11.0. The van der Waals surface area contributed by atoms with E-state index in [-0.39, 0.29) is 0 Å². The fourth-order valence-electron chi connectivity index (χ4n) is 1.55. The van der Waals surface area contributed by atoms with Gasteiger partial charge < -0.3 is 9.88 Å². The highest BCUT2D eigenvalue weighted by atomic mass is 32.2. The van der Waals surface area contributed by atoms with Crippen molar-refractivity contribution in [1.82, 2.24) is 14.9 Å². The Bertz CT molecular complexity index is 294. The van der Waals surface area contributed by atoms with E-state index in [1.54, 1.807) is 0 Å². The summed E-state index contributed by atoms with van der Waals surface area (Å²) >= 11 is 1.90. The van der Waals surface area contributed by atoms with Gasteiger partial charge in [0.15, 0.2) is 0 Å². The van der Waals surface area contributed by atoms with Crippen molar-refractivity contribution in [3.05, 3.63) is 18.2 Å². The van der Waals surface area contributed by atoms with Gasteiger partial charge in [0.2, 0.25) is 0 Å². The van der Waals surface area contributed by atoms with Crippen LogP contribution < -0.4 is 5.32 Å². The van der Waals surface area contributed by atoms with Gasteiger partial charge in [-0.1, -0.05) is 0 Å². The largest absolute Gasteiger partial charge is 0.337 e. The van der Waals surface area contributed by atoms with Crippen molar-refractivity contribution in [2.24, 2.45) is 0 Å². The fourth-order valence-corrected chi connectivity index (χ4v) is 1.97. The number of aryl methyl sites for hydroxylation is 1. The molecule has 84 valence electrons. The maximum Gasteiger partial charge on any atom is 0.0949 e. The summed E-state index contributed by atoms with van der Waals surface area (Å²) in [6, 6.07) is 0.770. The lowest BCUT2D eigenvalue weighted by Crippen LogP contribution is -2.15. The molecule has 0 amide bonds. The van der Waals surface area contributed by atoms with Gasteiger partial charge in [-0.25, -0.2) is 4.98 Å². The molecule has 1 aliphatic rings. The Kier molecular flexibility index (Phi) is 4.09. The molecule has 1 aromatic rings. The lowest BCUT2D eigenvalue weighted by Gasteiger charge is -2.00. The van der Waals surface area contributed by atoms with Crippen LogP contribution in [0.5, 0.6) is 0 Å². The average Bonchev–Trinajstić information content (AvgIpc) is 2.97. The third-order valence-electron chi connectivity index (χ3n) is 2.60. The Balaban J connectivity index is 1.70. The van der Waals surface area contributed by atoms with E-state index in [0.29, 0.717) is 0 Å². The molecule has 0 bridgehead atoms. The molecule has 2 rings (SSSR count). The summed E-state index contributed by atoms with van der Waals surface area (Å²) in [5.41, 5.74) is 1.17. The molecule has 0 atom stereocenters. The summed E-state index contributed by atoms with van der Waals surface area (Å²) in [6.07, 6.45) is 10.2. The number of nitrogens with one attached hydrogen (secondary N) is 1. The van der Waals surface area contributed by atoms with E-state index in [0.717, 1.165) is 19.1 Å². The van der Waals surface area contributed by atoms with Crippen LogP contribution in [0.1, 0.15) is 25.0 Å². The van der Waals surface area contributed by atoms with E-state index in [1.807, 2.05) is 18.1 Å². The van der Waals surface area contributed by atoms with Crippen molar-refractivity contribution in [3.63, 3.8) is 0 Å². The highest BCUT2D eigenvalue weighted by Gasteiger charge is 2.20. The van der Waals surface area contributed by atoms with Crippen molar-refractivity contribution in [2.75, 3.05) is 12.0 Å². The molecule has 0 aliphatic heterocycles. The second-order valence-electron chi connectivity index (χ2n) is 4.10. The topological polar surface area (TPSA) is 29.9 Å². The molecule has 1 N–H and O–H groups in total. The summed E-state index contributed by atoms with van der Waals surface area (Å²) in [5, 5.41) is 3.47. The predicted octanol–water partition coefficient (Wildman–Crippen LogP) is 1.89. The first-order valence-corrected chi connectivity index (χ1v) is 7.01. The molecular formula is C11H19N3S. The Morgan fingerprint density at radius 2 is 2.47 bits per heavy atom. The van der Waals surface area contributed by atoms with Crippen LogP contribution in [-0.4, -0.2) is 27.6 Å². The Labute approximate surface area is 95.7 Å². The first-order valence-electron chi connectivity index (χ1n) is 5.61. The lowest BCUT2D eigenvalue weighted by molar-refractivity contribution is 0.668. The van der Waals surface area contributed by atoms with Crippen molar-refractivity contribution >= 4 is 11.8 Å². The molecule has 4 heteroatoms. The molecule has 1 saturated carbocycles. The standard InChI is InChI=1S/C11H19N3S/c1-15-6-2-5-14-8-11(13-9-14)7-12-10-3-4-10/h8-10,12H,2-7H2,1H3. The minimum absolute atomic E-state index is 0.770. The van der Waals surface area contributed by atoms with Crippen molar-refractivity contribution < 1.29 is 0 Å². The van der Waals surface area contributed by atoms with Gasteiger partial charge in [-0.05, 0) is 31.3 Å². The number of rotatable bonds is 7. The third-order valence-corrected chi connectivity index (χ3v) is 3.30. The monoisotopic (exact) mass is 225 g/mol. The average molecular weight is 225 g/mol. The van der Waals surface area contributed by atoms with E-state index >= 15 is 0 Å². The van der Waals surface area contributed by atoms with Gasteiger partial charge in [0.05, 0.1) is 12.0 Å². The van der Waals surface area contributed by atoms with E-state index in [4.69, 9.17) is 0 Å². The molecule has 0 aromatic carbocycles. The van der Waals surface area contributed by atoms with Crippen LogP contribution in [-0.2, 0) is 13.1 Å². The predicted molar refractivity (Wildman–Crippen MR) is 65.1 cm³/mol. The van der Waals surface area contributed by atoms with E-state index in [2.05, 4.69) is 27.3 Å². The number of thioether (sulfide) groups is 1. The first-order chi connectivity index (χ1) is 7.38. The number of nitrogens with zero attached hydrogens (tertiary/aromatic N) is 2. The zero-order valence-electron chi connectivity index (χ0n) is 9.28. The second kappa shape index (κ2) is 5.56. The highest BCUT2D eigenvalue weighted by Crippen LogP contribution is 2.18.